The lowest BCUT2D eigenvalue weighted by atomic mass is 10.0. The average Bonchev–Trinajstić information content (AvgIpc) is 2.41. The molecule has 0 radical (unpaired) electrons. The molecule has 0 bridgehead atoms. The van der Waals surface area contributed by atoms with Crippen molar-refractivity contribution in [2.24, 2.45) is 0 Å². The summed E-state index contributed by atoms with van der Waals surface area (Å²) in [5, 5.41) is 11.8. The molecule has 2 saturated heterocycles. The van der Waals surface area contributed by atoms with Crippen molar-refractivity contribution >= 4 is 5.91 Å². The molecule has 0 aliphatic carbocycles. The van der Waals surface area contributed by atoms with Crippen LogP contribution in [0.2, 0.25) is 0 Å². The van der Waals surface area contributed by atoms with Gasteiger partial charge in [0.25, 0.3) is 0 Å². The van der Waals surface area contributed by atoms with E-state index < -0.39 is 0 Å². The van der Waals surface area contributed by atoms with Gasteiger partial charge in [0.15, 0.2) is 0 Å². The van der Waals surface area contributed by atoms with Crippen molar-refractivity contribution < 1.29 is 19.4 Å². The summed E-state index contributed by atoms with van der Waals surface area (Å²) in [7, 11) is 0. The Bertz CT molecular complexity index is 299. The topological polar surface area (TPSA) is 71.0 Å². The van der Waals surface area contributed by atoms with Gasteiger partial charge in [-0.2, -0.15) is 0 Å². The van der Waals surface area contributed by atoms with Gasteiger partial charge in [-0.25, -0.2) is 0 Å². The van der Waals surface area contributed by atoms with Crippen molar-refractivity contribution in [2.45, 2.75) is 31.5 Å². The molecule has 6 heteroatoms. The van der Waals surface area contributed by atoms with Gasteiger partial charge < -0.3 is 24.8 Å². The van der Waals surface area contributed by atoms with Gasteiger partial charge in [0.05, 0.1) is 24.9 Å². The van der Waals surface area contributed by atoms with Crippen LogP contribution < -0.4 is 5.32 Å². The van der Waals surface area contributed by atoms with E-state index in [1.54, 1.807) is 0 Å². The molecule has 6 nitrogen and oxygen atoms in total. The van der Waals surface area contributed by atoms with Crippen molar-refractivity contribution in [3.8, 4) is 0 Å². The summed E-state index contributed by atoms with van der Waals surface area (Å²) in [6.45, 7) is 5.69. The fraction of sp³-hybridized carbons (Fsp3) is 0.923. The van der Waals surface area contributed by atoms with Crippen LogP contribution in [0.4, 0.5) is 0 Å². The molecule has 0 aromatic heterocycles. The maximum absolute atomic E-state index is 12.0. The highest BCUT2D eigenvalue weighted by atomic mass is 16.5. The minimum absolute atomic E-state index is 0.0552. The Morgan fingerprint density at radius 1 is 1.42 bits per heavy atom. The maximum Gasteiger partial charge on any atom is 0.248 e. The summed E-state index contributed by atoms with van der Waals surface area (Å²) in [6, 6.07) is 0. The molecule has 0 unspecified atom stereocenters. The molecule has 0 saturated carbocycles. The molecule has 0 aromatic rings. The third kappa shape index (κ3) is 4.14. The van der Waals surface area contributed by atoms with E-state index in [1.807, 2.05) is 11.8 Å². The molecule has 0 spiro atoms. The lowest BCUT2D eigenvalue weighted by Gasteiger charge is -2.39. The van der Waals surface area contributed by atoms with E-state index in [0.717, 1.165) is 25.9 Å². The molecule has 0 atom stereocenters. The lowest BCUT2D eigenvalue weighted by molar-refractivity contribution is -0.148. The smallest absolute Gasteiger partial charge is 0.248 e. The summed E-state index contributed by atoms with van der Waals surface area (Å²) < 4.78 is 11.1. The number of aliphatic hydroxyl groups excluding tert-OH is 1. The second-order valence-corrected chi connectivity index (χ2v) is 5.52. The molecule has 2 heterocycles. The van der Waals surface area contributed by atoms with Crippen molar-refractivity contribution in [3.05, 3.63) is 0 Å². The van der Waals surface area contributed by atoms with E-state index in [-0.39, 0.29) is 30.8 Å². The molecule has 2 aliphatic heterocycles. The van der Waals surface area contributed by atoms with Crippen LogP contribution in [0, 0.1) is 0 Å². The minimum Gasteiger partial charge on any atom is -0.394 e. The second-order valence-electron chi connectivity index (χ2n) is 5.52. The van der Waals surface area contributed by atoms with E-state index in [2.05, 4.69) is 5.32 Å². The predicted octanol–water partition coefficient (Wildman–Crippen LogP) is -0.635. The first-order valence-corrected chi connectivity index (χ1v) is 6.98. The summed E-state index contributed by atoms with van der Waals surface area (Å²) in [5.41, 5.74) is -0.168. The van der Waals surface area contributed by atoms with E-state index in [4.69, 9.17) is 14.6 Å². The number of nitrogens with zero attached hydrogens (tertiary/aromatic N) is 1. The fourth-order valence-electron chi connectivity index (χ4n) is 2.40. The van der Waals surface area contributed by atoms with E-state index in [9.17, 15) is 4.79 Å². The lowest BCUT2D eigenvalue weighted by Crippen LogP contribution is -2.60. The molecule has 2 N–H and O–H groups in total. The van der Waals surface area contributed by atoms with Gasteiger partial charge in [-0.1, -0.05) is 0 Å². The van der Waals surface area contributed by atoms with Gasteiger partial charge >= 0.3 is 0 Å². The van der Waals surface area contributed by atoms with Gasteiger partial charge in [0, 0.05) is 26.2 Å². The van der Waals surface area contributed by atoms with Gasteiger partial charge in [-0.3, -0.25) is 4.79 Å². The van der Waals surface area contributed by atoms with Crippen molar-refractivity contribution in [3.63, 3.8) is 0 Å². The van der Waals surface area contributed by atoms with Crippen molar-refractivity contribution in [1.82, 2.24) is 10.2 Å². The number of hydrogen-bond acceptors (Lipinski definition) is 5. The van der Waals surface area contributed by atoms with Gasteiger partial charge in [0.1, 0.15) is 6.61 Å². The first-order valence-electron chi connectivity index (χ1n) is 6.98. The van der Waals surface area contributed by atoms with Crippen LogP contribution in [0.15, 0.2) is 0 Å². The molecular formula is C13H24N2O4. The highest BCUT2D eigenvalue weighted by molar-refractivity contribution is 5.77. The predicted molar refractivity (Wildman–Crippen MR) is 69.9 cm³/mol. The standard InChI is InChI=1S/C13H24N2O4/c1-13(9-14-10-13)19-8-12(17)15-4-2-11(3-5-15)18-7-6-16/h11,14,16H,2-10H2,1H3. The van der Waals surface area contributed by atoms with Gasteiger partial charge in [-0.15, -0.1) is 0 Å². The Balaban J connectivity index is 1.64. The highest BCUT2D eigenvalue weighted by Crippen LogP contribution is 2.17. The number of ether oxygens (including phenoxy) is 2. The molecule has 110 valence electrons. The third-order valence-corrected chi connectivity index (χ3v) is 3.78. The summed E-state index contributed by atoms with van der Waals surface area (Å²) in [6.07, 6.45) is 1.85. The number of likely N-dealkylation sites (tertiary alicyclic amines) is 1. The number of nitrogens with one attached hydrogen (secondary N) is 1. The SMILES string of the molecule is CC1(OCC(=O)N2CCC(OCCO)CC2)CNC1. The van der Waals surface area contributed by atoms with Gasteiger partial charge in [0.2, 0.25) is 5.91 Å². The summed E-state index contributed by atoms with van der Waals surface area (Å²) in [5.74, 6) is 0.0636. The zero-order valence-corrected chi connectivity index (χ0v) is 11.6. The number of rotatable bonds is 6. The van der Waals surface area contributed by atoms with E-state index >= 15 is 0 Å². The highest BCUT2D eigenvalue weighted by Gasteiger charge is 2.34. The Morgan fingerprint density at radius 3 is 2.63 bits per heavy atom. The Labute approximate surface area is 114 Å². The summed E-state index contributed by atoms with van der Waals surface area (Å²) >= 11 is 0. The number of aliphatic hydroxyl groups is 1. The van der Waals surface area contributed by atoms with Crippen LogP contribution in [-0.4, -0.2) is 73.6 Å². The molecule has 2 fully saturated rings. The van der Waals surface area contributed by atoms with Crippen LogP contribution in [0.1, 0.15) is 19.8 Å². The molecule has 19 heavy (non-hydrogen) atoms. The maximum atomic E-state index is 12.0. The van der Waals surface area contributed by atoms with E-state index in [0.29, 0.717) is 19.7 Å². The van der Waals surface area contributed by atoms with E-state index in [1.165, 1.54) is 0 Å². The zero-order chi connectivity index (χ0) is 13.7. The number of carbonyl (C=O) groups is 1. The Kier molecular flexibility index (Phi) is 5.15. The molecule has 2 aliphatic rings. The first kappa shape index (κ1) is 14.7. The van der Waals surface area contributed by atoms with Crippen LogP contribution in [0.3, 0.4) is 0 Å². The second kappa shape index (κ2) is 6.65. The summed E-state index contributed by atoms with van der Waals surface area (Å²) in [4.78, 5) is 13.8. The number of hydrogen-bond donors (Lipinski definition) is 2. The molecule has 2 rings (SSSR count). The average molecular weight is 272 g/mol. The first-order chi connectivity index (χ1) is 9.13. The van der Waals surface area contributed by atoms with Crippen LogP contribution in [0.5, 0.6) is 0 Å². The molecular weight excluding hydrogens is 248 g/mol. The van der Waals surface area contributed by atoms with Crippen molar-refractivity contribution in [2.75, 3.05) is 46.0 Å². The largest absolute Gasteiger partial charge is 0.394 e. The quantitative estimate of drug-likeness (QED) is 0.673. The monoisotopic (exact) mass is 272 g/mol. The Morgan fingerprint density at radius 2 is 2.11 bits per heavy atom. The van der Waals surface area contributed by atoms with Crippen LogP contribution in [0.25, 0.3) is 0 Å². The van der Waals surface area contributed by atoms with Crippen molar-refractivity contribution in [1.29, 1.82) is 0 Å². The molecule has 0 aromatic carbocycles. The zero-order valence-electron chi connectivity index (χ0n) is 11.6. The fourth-order valence-corrected chi connectivity index (χ4v) is 2.40. The minimum atomic E-state index is -0.168. The third-order valence-electron chi connectivity index (χ3n) is 3.78. The number of piperidine rings is 1. The van der Waals surface area contributed by atoms with Gasteiger partial charge in [-0.05, 0) is 19.8 Å². The number of amides is 1. The number of carbonyl (C=O) groups excluding carboxylic acids is 1. The Hall–Kier alpha value is -0.690. The van der Waals surface area contributed by atoms with Crippen LogP contribution in [-0.2, 0) is 14.3 Å². The van der Waals surface area contributed by atoms with Crippen LogP contribution >= 0.6 is 0 Å². The normalized spacial score (nSPS) is 23.2. The molecule has 1 amide bonds.